The third-order valence-corrected chi connectivity index (χ3v) is 4.75. The summed E-state index contributed by atoms with van der Waals surface area (Å²) in [5.74, 6) is 0.413. The van der Waals surface area contributed by atoms with E-state index in [0.717, 1.165) is 35.7 Å². The fourth-order valence-electron chi connectivity index (χ4n) is 2.32. The Morgan fingerprint density at radius 3 is 2.75 bits per heavy atom. The summed E-state index contributed by atoms with van der Waals surface area (Å²) >= 11 is 1.41. The normalized spacial score (nSPS) is 10.8. The molecule has 0 fully saturated rings. The molecule has 3 aromatic heterocycles. The highest BCUT2D eigenvalue weighted by Crippen LogP contribution is 2.24. The summed E-state index contributed by atoms with van der Waals surface area (Å²) in [6.45, 7) is 4.10. The van der Waals surface area contributed by atoms with Gasteiger partial charge in [-0.1, -0.05) is 30.7 Å². The lowest BCUT2D eigenvalue weighted by Crippen LogP contribution is -2.13. The first-order valence-electron chi connectivity index (χ1n) is 8.04. The molecule has 0 saturated carbocycles. The zero-order valence-electron chi connectivity index (χ0n) is 13.8. The lowest BCUT2D eigenvalue weighted by molar-refractivity contribution is 0.102. The fourth-order valence-corrected chi connectivity index (χ4v) is 3.29. The van der Waals surface area contributed by atoms with Gasteiger partial charge >= 0.3 is 0 Å². The zero-order chi connectivity index (χ0) is 16.9. The molecule has 0 radical (unpaired) electrons. The van der Waals surface area contributed by atoms with Crippen LogP contribution in [0.15, 0.2) is 42.9 Å². The molecule has 0 spiro atoms. The van der Waals surface area contributed by atoms with Crippen molar-refractivity contribution in [3.63, 3.8) is 0 Å². The Morgan fingerprint density at radius 2 is 2.08 bits per heavy atom. The predicted molar refractivity (Wildman–Crippen MR) is 97.0 cm³/mol. The van der Waals surface area contributed by atoms with Crippen molar-refractivity contribution in [2.45, 2.75) is 33.1 Å². The molecule has 0 atom stereocenters. The number of anilines is 1. The van der Waals surface area contributed by atoms with Crippen LogP contribution in [0.4, 0.5) is 5.82 Å². The molecule has 5 nitrogen and oxygen atoms in total. The van der Waals surface area contributed by atoms with Crippen molar-refractivity contribution in [2.24, 2.45) is 0 Å². The van der Waals surface area contributed by atoms with Gasteiger partial charge in [0.25, 0.3) is 5.91 Å². The van der Waals surface area contributed by atoms with Crippen LogP contribution < -0.4 is 5.32 Å². The van der Waals surface area contributed by atoms with Gasteiger partial charge in [-0.25, -0.2) is 9.97 Å². The lowest BCUT2D eigenvalue weighted by Gasteiger charge is -2.04. The third-order valence-electron chi connectivity index (χ3n) is 3.64. The van der Waals surface area contributed by atoms with E-state index in [2.05, 4.69) is 22.2 Å². The second kappa shape index (κ2) is 7.40. The topological polar surface area (TPSA) is 59.8 Å². The highest BCUT2D eigenvalue weighted by molar-refractivity contribution is 7.16. The van der Waals surface area contributed by atoms with Gasteiger partial charge in [-0.2, -0.15) is 0 Å². The number of pyridine rings is 1. The first-order valence-corrected chi connectivity index (χ1v) is 8.86. The molecular weight excluding hydrogens is 320 g/mol. The van der Waals surface area contributed by atoms with Gasteiger partial charge in [0.2, 0.25) is 0 Å². The van der Waals surface area contributed by atoms with Gasteiger partial charge in [0.15, 0.2) is 5.13 Å². The third kappa shape index (κ3) is 3.71. The van der Waals surface area contributed by atoms with Crippen LogP contribution >= 0.6 is 11.3 Å². The van der Waals surface area contributed by atoms with Gasteiger partial charge in [0, 0.05) is 18.6 Å². The number of amides is 1. The van der Waals surface area contributed by atoms with E-state index in [9.17, 15) is 4.79 Å². The number of aromatic nitrogens is 3. The Labute approximate surface area is 145 Å². The van der Waals surface area contributed by atoms with E-state index in [1.807, 2.05) is 48.1 Å². The highest BCUT2D eigenvalue weighted by atomic mass is 32.1. The molecule has 0 aliphatic carbocycles. The molecule has 0 aromatic carbocycles. The molecule has 0 bridgehead atoms. The molecule has 1 N–H and O–H groups in total. The smallest absolute Gasteiger partial charge is 0.268 e. The summed E-state index contributed by atoms with van der Waals surface area (Å²) in [5.41, 5.74) is 1.92. The molecule has 24 heavy (non-hydrogen) atoms. The number of unbranched alkanes of at least 4 members (excludes halogenated alkanes) is 1. The van der Waals surface area contributed by atoms with Gasteiger partial charge in [-0.05, 0) is 43.5 Å². The molecule has 0 saturated heterocycles. The van der Waals surface area contributed by atoms with E-state index in [4.69, 9.17) is 0 Å². The van der Waals surface area contributed by atoms with Crippen LogP contribution in [-0.4, -0.2) is 20.4 Å². The summed E-state index contributed by atoms with van der Waals surface area (Å²) in [6, 6.07) is 7.64. The van der Waals surface area contributed by atoms with Gasteiger partial charge < -0.3 is 9.88 Å². The van der Waals surface area contributed by atoms with E-state index >= 15 is 0 Å². The van der Waals surface area contributed by atoms with Crippen molar-refractivity contribution < 1.29 is 4.79 Å². The summed E-state index contributed by atoms with van der Waals surface area (Å²) in [7, 11) is 0. The largest absolute Gasteiger partial charge is 0.306 e. The first-order chi connectivity index (χ1) is 11.7. The second-order valence-corrected chi connectivity index (χ2v) is 6.62. The molecule has 1 amide bonds. The maximum Gasteiger partial charge on any atom is 0.268 e. The van der Waals surface area contributed by atoms with Crippen LogP contribution in [0.1, 0.15) is 40.7 Å². The number of nitrogens with one attached hydrogen (secondary N) is 1. The van der Waals surface area contributed by atoms with Crippen molar-refractivity contribution >= 4 is 23.1 Å². The van der Waals surface area contributed by atoms with Crippen LogP contribution in [0.2, 0.25) is 0 Å². The van der Waals surface area contributed by atoms with Crippen LogP contribution in [0.25, 0.3) is 5.13 Å². The SMILES string of the molecule is CCCCc1nc(-n2cccc2)sc1C(=O)Nc1ccc(C)cn1. The molecule has 3 rings (SSSR count). The minimum Gasteiger partial charge on any atom is -0.306 e. The Balaban J connectivity index is 1.86. The minimum absolute atomic E-state index is 0.145. The number of hydrogen-bond acceptors (Lipinski definition) is 4. The molecule has 124 valence electrons. The quantitative estimate of drug-likeness (QED) is 0.730. The molecule has 3 aromatic rings. The van der Waals surface area contributed by atoms with Gasteiger partial charge in [-0.3, -0.25) is 4.79 Å². The minimum atomic E-state index is -0.145. The summed E-state index contributed by atoms with van der Waals surface area (Å²) in [6.07, 6.45) is 8.50. The van der Waals surface area contributed by atoms with Crippen molar-refractivity contribution in [1.29, 1.82) is 0 Å². The average molecular weight is 340 g/mol. The Hall–Kier alpha value is -2.47. The van der Waals surface area contributed by atoms with Crippen LogP contribution in [0, 0.1) is 6.92 Å². The van der Waals surface area contributed by atoms with Crippen molar-refractivity contribution in [3.8, 4) is 5.13 Å². The Kier molecular flexibility index (Phi) is 5.05. The summed E-state index contributed by atoms with van der Waals surface area (Å²) in [4.78, 5) is 22.2. The Bertz CT molecular complexity index is 806. The van der Waals surface area contributed by atoms with Crippen molar-refractivity contribution in [2.75, 3.05) is 5.32 Å². The van der Waals surface area contributed by atoms with E-state index in [1.54, 1.807) is 6.20 Å². The number of aryl methyl sites for hydroxylation is 2. The van der Waals surface area contributed by atoms with E-state index < -0.39 is 0 Å². The molecule has 3 heterocycles. The highest BCUT2D eigenvalue weighted by Gasteiger charge is 2.19. The maximum absolute atomic E-state index is 12.7. The van der Waals surface area contributed by atoms with E-state index in [1.165, 1.54) is 11.3 Å². The number of rotatable bonds is 6. The van der Waals surface area contributed by atoms with E-state index in [0.29, 0.717) is 10.7 Å². The van der Waals surface area contributed by atoms with Gasteiger partial charge in [0.1, 0.15) is 10.7 Å². The lowest BCUT2D eigenvalue weighted by atomic mass is 10.2. The first kappa shape index (κ1) is 16.4. The Morgan fingerprint density at radius 1 is 1.29 bits per heavy atom. The second-order valence-electron chi connectivity index (χ2n) is 5.64. The molecule has 0 aliphatic heterocycles. The molecule has 0 unspecified atom stereocenters. The number of nitrogens with zero attached hydrogens (tertiary/aromatic N) is 3. The molecular formula is C18H20N4OS. The molecule has 6 heteroatoms. The number of thiazole rings is 1. The van der Waals surface area contributed by atoms with Crippen LogP contribution in [-0.2, 0) is 6.42 Å². The van der Waals surface area contributed by atoms with Crippen molar-refractivity contribution in [3.05, 3.63) is 59.0 Å². The number of carbonyl (C=O) groups is 1. The molecule has 0 aliphatic rings. The predicted octanol–water partition coefficient (Wildman–Crippen LogP) is 4.23. The van der Waals surface area contributed by atoms with Crippen molar-refractivity contribution in [1.82, 2.24) is 14.5 Å². The summed E-state index contributed by atoms with van der Waals surface area (Å²) in [5, 5.41) is 3.69. The standard InChI is InChI=1S/C18H20N4OS/c1-3-4-7-14-16(24-18(20-14)22-10-5-6-11-22)17(23)21-15-9-8-13(2)12-19-15/h5-6,8-12H,3-4,7H2,1-2H3,(H,19,21,23). The number of hydrogen-bond donors (Lipinski definition) is 1. The fraction of sp³-hybridized carbons (Fsp3) is 0.278. The monoisotopic (exact) mass is 340 g/mol. The van der Waals surface area contributed by atoms with Gasteiger partial charge in [-0.15, -0.1) is 0 Å². The number of carbonyl (C=O) groups excluding carboxylic acids is 1. The maximum atomic E-state index is 12.7. The van der Waals surface area contributed by atoms with Crippen LogP contribution in [0.5, 0.6) is 0 Å². The average Bonchev–Trinajstić information content (AvgIpc) is 3.24. The van der Waals surface area contributed by atoms with Gasteiger partial charge in [0.05, 0.1) is 5.69 Å². The summed E-state index contributed by atoms with van der Waals surface area (Å²) < 4.78 is 1.93. The van der Waals surface area contributed by atoms with Crippen LogP contribution in [0.3, 0.4) is 0 Å². The van der Waals surface area contributed by atoms with E-state index in [-0.39, 0.29) is 5.91 Å². The zero-order valence-corrected chi connectivity index (χ0v) is 14.6.